The van der Waals surface area contributed by atoms with Gasteiger partial charge in [-0.1, -0.05) is 24.3 Å². The van der Waals surface area contributed by atoms with Crippen LogP contribution in [-0.2, 0) is 16.0 Å². The zero-order valence-electron chi connectivity index (χ0n) is 19.5. The summed E-state index contributed by atoms with van der Waals surface area (Å²) >= 11 is 0. The summed E-state index contributed by atoms with van der Waals surface area (Å²) in [4.78, 5) is 17.7. The number of aryl methyl sites for hydroxylation is 1. The van der Waals surface area contributed by atoms with Gasteiger partial charge < -0.3 is 24.2 Å². The minimum Gasteiger partial charge on any atom is -0.497 e. The average molecular weight is 455 g/mol. The molecule has 2 aliphatic rings. The van der Waals surface area contributed by atoms with Crippen molar-refractivity contribution in [3.63, 3.8) is 0 Å². The molecule has 1 fully saturated rings. The van der Waals surface area contributed by atoms with E-state index in [1.807, 2.05) is 18.2 Å². The van der Waals surface area contributed by atoms with Crippen LogP contribution in [0.5, 0.6) is 11.5 Å². The van der Waals surface area contributed by atoms with E-state index < -0.39 is 17.7 Å². The maximum absolute atomic E-state index is 12.9. The summed E-state index contributed by atoms with van der Waals surface area (Å²) in [5.74, 6) is 0.701. The van der Waals surface area contributed by atoms with E-state index in [0.717, 1.165) is 44.7 Å². The van der Waals surface area contributed by atoms with Crippen molar-refractivity contribution in [1.29, 1.82) is 0 Å². The normalized spacial score (nSPS) is 23.2. The van der Waals surface area contributed by atoms with Crippen molar-refractivity contribution in [3.05, 3.63) is 54.1 Å². The van der Waals surface area contributed by atoms with Gasteiger partial charge >= 0.3 is 5.97 Å². The van der Waals surface area contributed by atoms with E-state index in [4.69, 9.17) is 14.2 Å². The van der Waals surface area contributed by atoms with E-state index >= 15 is 0 Å². The number of benzene rings is 2. The summed E-state index contributed by atoms with van der Waals surface area (Å²) in [6, 6.07) is 16.1. The van der Waals surface area contributed by atoms with Gasteiger partial charge in [0.25, 0.3) is 0 Å². The van der Waals surface area contributed by atoms with Gasteiger partial charge in [0.2, 0.25) is 5.60 Å². The van der Waals surface area contributed by atoms with Gasteiger partial charge in [0.05, 0.1) is 14.2 Å². The zero-order chi connectivity index (χ0) is 23.3. The molecule has 1 saturated heterocycles. The SMILES string of the molecule is COC(=O)[C@@]1(CCCN2CCN(c3ccccc3)CC2)Oc2cc(OC)ccc2CC[C@@H]1O. The highest BCUT2D eigenvalue weighted by atomic mass is 16.6. The number of esters is 1. The topological polar surface area (TPSA) is 71.5 Å². The van der Waals surface area contributed by atoms with Crippen molar-refractivity contribution >= 4 is 11.7 Å². The van der Waals surface area contributed by atoms with Gasteiger partial charge in [-0.3, -0.25) is 4.90 Å². The van der Waals surface area contributed by atoms with E-state index in [1.165, 1.54) is 12.8 Å². The van der Waals surface area contributed by atoms with Crippen molar-refractivity contribution in [2.75, 3.05) is 51.8 Å². The highest BCUT2D eigenvalue weighted by Crippen LogP contribution is 2.38. The van der Waals surface area contributed by atoms with Crippen LogP contribution in [-0.4, -0.2) is 74.6 Å². The smallest absolute Gasteiger partial charge is 0.352 e. The second-order valence-electron chi connectivity index (χ2n) is 8.78. The number of aliphatic hydroxyl groups excluding tert-OH is 1. The number of hydrogen-bond acceptors (Lipinski definition) is 7. The minimum atomic E-state index is -1.42. The molecule has 1 N–H and O–H groups in total. The number of rotatable bonds is 7. The lowest BCUT2D eigenvalue weighted by atomic mass is 9.88. The Morgan fingerprint density at radius 2 is 1.88 bits per heavy atom. The first-order chi connectivity index (χ1) is 16.1. The first-order valence-corrected chi connectivity index (χ1v) is 11.7. The predicted molar refractivity (Wildman–Crippen MR) is 127 cm³/mol. The van der Waals surface area contributed by atoms with E-state index in [9.17, 15) is 9.90 Å². The summed E-state index contributed by atoms with van der Waals surface area (Å²) in [6.45, 7) is 4.70. The molecule has 0 aromatic heterocycles. The van der Waals surface area contributed by atoms with Crippen LogP contribution in [0.25, 0.3) is 0 Å². The highest BCUT2D eigenvalue weighted by molar-refractivity contribution is 5.81. The summed E-state index contributed by atoms with van der Waals surface area (Å²) in [6.07, 6.45) is 1.22. The maximum Gasteiger partial charge on any atom is 0.352 e. The zero-order valence-corrected chi connectivity index (χ0v) is 19.5. The fraction of sp³-hybridized carbons (Fsp3) is 0.500. The third-order valence-corrected chi connectivity index (χ3v) is 6.84. The number of methoxy groups -OCH3 is 2. The number of anilines is 1. The summed E-state index contributed by atoms with van der Waals surface area (Å²) in [5.41, 5.74) is 0.793. The van der Waals surface area contributed by atoms with Crippen LogP contribution >= 0.6 is 0 Å². The number of nitrogens with zero attached hydrogens (tertiary/aromatic N) is 2. The molecule has 0 unspecified atom stereocenters. The molecule has 2 atom stereocenters. The molecule has 33 heavy (non-hydrogen) atoms. The van der Waals surface area contributed by atoms with Crippen molar-refractivity contribution in [3.8, 4) is 11.5 Å². The van der Waals surface area contributed by atoms with Gasteiger partial charge in [-0.25, -0.2) is 4.79 Å². The number of aliphatic hydroxyl groups is 1. The third kappa shape index (κ3) is 5.09. The Bertz CT molecular complexity index is 930. The minimum absolute atomic E-state index is 0.385. The molecule has 2 aromatic rings. The Morgan fingerprint density at radius 3 is 2.58 bits per heavy atom. The van der Waals surface area contributed by atoms with Crippen molar-refractivity contribution < 1.29 is 24.1 Å². The van der Waals surface area contributed by atoms with Gasteiger partial charge in [0.1, 0.15) is 17.6 Å². The van der Waals surface area contributed by atoms with Crippen molar-refractivity contribution in [2.45, 2.75) is 37.4 Å². The van der Waals surface area contributed by atoms with Crippen LogP contribution in [0.3, 0.4) is 0 Å². The molecule has 178 valence electrons. The predicted octanol–water partition coefficient (Wildman–Crippen LogP) is 2.90. The number of carbonyl (C=O) groups is 1. The lowest BCUT2D eigenvalue weighted by molar-refractivity contribution is -0.171. The van der Waals surface area contributed by atoms with Crippen LogP contribution in [0.1, 0.15) is 24.8 Å². The van der Waals surface area contributed by atoms with Crippen LogP contribution in [0.15, 0.2) is 48.5 Å². The molecule has 2 heterocycles. The van der Waals surface area contributed by atoms with Crippen LogP contribution < -0.4 is 14.4 Å². The molecule has 0 spiro atoms. The number of carbonyl (C=O) groups excluding carboxylic acids is 1. The van der Waals surface area contributed by atoms with E-state index in [-0.39, 0.29) is 0 Å². The third-order valence-electron chi connectivity index (χ3n) is 6.84. The Balaban J connectivity index is 1.41. The van der Waals surface area contributed by atoms with E-state index in [2.05, 4.69) is 34.1 Å². The first-order valence-electron chi connectivity index (χ1n) is 11.7. The van der Waals surface area contributed by atoms with Crippen LogP contribution in [0.2, 0.25) is 0 Å². The standard InChI is InChI=1S/C26H34N2O5/c1-31-22-11-9-20-10-12-24(29)26(25(30)32-2,33-23(20)19-22)13-6-14-27-15-17-28(18-16-27)21-7-4-3-5-8-21/h3-5,7-9,11,19,24,29H,6,10,12-18H2,1-2H3/t24-,26-/m0/s1. The molecule has 4 rings (SSSR count). The summed E-state index contributed by atoms with van der Waals surface area (Å²) < 4.78 is 16.7. The fourth-order valence-electron chi connectivity index (χ4n) is 4.86. The summed E-state index contributed by atoms with van der Waals surface area (Å²) in [5, 5.41) is 11.0. The first kappa shape index (κ1) is 23.4. The molecule has 7 heteroatoms. The Labute approximate surface area is 195 Å². The number of ether oxygens (including phenoxy) is 3. The van der Waals surface area contributed by atoms with Crippen LogP contribution in [0.4, 0.5) is 5.69 Å². The van der Waals surface area contributed by atoms with Crippen molar-refractivity contribution in [2.24, 2.45) is 0 Å². The van der Waals surface area contributed by atoms with Gasteiger partial charge in [-0.2, -0.15) is 0 Å². The molecular weight excluding hydrogens is 420 g/mol. The lowest BCUT2D eigenvalue weighted by Gasteiger charge is -2.37. The summed E-state index contributed by atoms with van der Waals surface area (Å²) in [7, 11) is 2.94. The number of para-hydroxylation sites is 1. The largest absolute Gasteiger partial charge is 0.497 e. The lowest BCUT2D eigenvalue weighted by Crippen LogP contribution is -2.55. The molecule has 0 amide bonds. The molecule has 0 aliphatic carbocycles. The average Bonchev–Trinajstić information content (AvgIpc) is 3.01. The van der Waals surface area contributed by atoms with Gasteiger partial charge in [-0.15, -0.1) is 0 Å². The van der Waals surface area contributed by atoms with Crippen molar-refractivity contribution in [1.82, 2.24) is 4.90 Å². The molecule has 0 radical (unpaired) electrons. The maximum atomic E-state index is 12.9. The number of hydrogen-bond donors (Lipinski definition) is 1. The molecule has 2 aliphatic heterocycles. The van der Waals surface area contributed by atoms with Gasteiger partial charge in [0, 0.05) is 44.4 Å². The number of fused-ring (bicyclic) bond motifs is 1. The Morgan fingerprint density at radius 1 is 1.12 bits per heavy atom. The molecule has 0 bridgehead atoms. The van der Waals surface area contributed by atoms with E-state index in [0.29, 0.717) is 30.8 Å². The van der Waals surface area contributed by atoms with Crippen LogP contribution in [0, 0.1) is 0 Å². The number of piperazine rings is 1. The second kappa shape index (κ2) is 10.4. The van der Waals surface area contributed by atoms with Gasteiger partial charge in [-0.05, 0) is 49.6 Å². The molecular formula is C26H34N2O5. The monoisotopic (exact) mass is 454 g/mol. The molecule has 2 aromatic carbocycles. The molecule has 0 saturated carbocycles. The highest BCUT2D eigenvalue weighted by Gasteiger charge is 2.50. The van der Waals surface area contributed by atoms with E-state index in [1.54, 1.807) is 13.2 Å². The van der Waals surface area contributed by atoms with Gasteiger partial charge in [0.15, 0.2) is 0 Å². The molecule has 7 nitrogen and oxygen atoms in total. The Hall–Kier alpha value is -2.77. The Kier molecular flexibility index (Phi) is 7.40. The second-order valence-corrected chi connectivity index (χ2v) is 8.78. The quantitative estimate of drug-likeness (QED) is 0.645. The fourth-order valence-corrected chi connectivity index (χ4v) is 4.86.